The van der Waals surface area contributed by atoms with Crippen molar-refractivity contribution >= 4 is 11.8 Å². The summed E-state index contributed by atoms with van der Waals surface area (Å²) in [6.07, 6.45) is -4.50. The summed E-state index contributed by atoms with van der Waals surface area (Å²) in [6.45, 7) is 1.88. The van der Waals surface area contributed by atoms with E-state index in [-0.39, 0.29) is 17.7 Å². The van der Waals surface area contributed by atoms with Gasteiger partial charge in [0.15, 0.2) is 6.29 Å². The maximum absolute atomic E-state index is 12.3. The Balaban J connectivity index is 1.91. The molecule has 0 aromatic rings. The summed E-state index contributed by atoms with van der Waals surface area (Å²) < 4.78 is 5.00. The lowest BCUT2D eigenvalue weighted by Gasteiger charge is -2.41. The van der Waals surface area contributed by atoms with Gasteiger partial charge in [-0.15, -0.1) is 0 Å². The van der Waals surface area contributed by atoms with Gasteiger partial charge < -0.3 is 35.4 Å². The van der Waals surface area contributed by atoms with E-state index in [2.05, 4.69) is 5.32 Å². The number of nitrogens with one attached hydrogen (secondary N) is 1. The molecule has 2 aliphatic rings. The molecule has 0 radical (unpaired) electrons. The van der Waals surface area contributed by atoms with Crippen molar-refractivity contribution in [1.82, 2.24) is 10.2 Å². The molecule has 0 aliphatic carbocycles. The van der Waals surface area contributed by atoms with Crippen LogP contribution in [0.15, 0.2) is 0 Å². The summed E-state index contributed by atoms with van der Waals surface area (Å²) in [7, 11) is 0. The molecule has 23 heavy (non-hydrogen) atoms. The standard InChI is InChI=1S/C14H24N2O7/c1-7(18)16-4-2-8(3-5-16)13(21)15-10-12(20)11(19)9(6-17)23-14(10)22/h8-12,14,17,19-20,22H,2-6H2,1H3,(H,15,21)/t9-,10?,11?,12-,14?/m1/s1. The summed E-state index contributed by atoms with van der Waals surface area (Å²) in [5, 5.41) is 41.2. The number of piperidine rings is 1. The van der Waals surface area contributed by atoms with E-state index in [4.69, 9.17) is 9.84 Å². The fraction of sp³-hybridized carbons (Fsp3) is 0.857. The number of nitrogens with zero attached hydrogens (tertiary/aromatic N) is 1. The molecule has 0 bridgehead atoms. The highest BCUT2D eigenvalue weighted by molar-refractivity contribution is 5.80. The SMILES string of the molecule is CC(=O)N1CCC(C(=O)NC2C(O)O[C@H](CO)C(O)[C@@H]2O)CC1. The maximum Gasteiger partial charge on any atom is 0.223 e. The van der Waals surface area contributed by atoms with Crippen LogP contribution in [-0.2, 0) is 14.3 Å². The molecule has 5 atom stereocenters. The van der Waals surface area contributed by atoms with Crippen LogP contribution >= 0.6 is 0 Å². The first-order chi connectivity index (χ1) is 10.8. The van der Waals surface area contributed by atoms with Crippen LogP contribution in [0.3, 0.4) is 0 Å². The second kappa shape index (κ2) is 7.54. The van der Waals surface area contributed by atoms with Gasteiger partial charge in [0.05, 0.1) is 6.61 Å². The molecule has 2 amide bonds. The van der Waals surface area contributed by atoms with Gasteiger partial charge in [-0.25, -0.2) is 0 Å². The number of aliphatic hydroxyl groups excluding tert-OH is 4. The smallest absolute Gasteiger partial charge is 0.223 e. The van der Waals surface area contributed by atoms with E-state index >= 15 is 0 Å². The number of carbonyl (C=O) groups is 2. The molecule has 9 nitrogen and oxygen atoms in total. The van der Waals surface area contributed by atoms with Gasteiger partial charge in [0, 0.05) is 25.9 Å². The predicted molar refractivity (Wildman–Crippen MR) is 76.9 cm³/mol. The van der Waals surface area contributed by atoms with Crippen molar-refractivity contribution in [2.75, 3.05) is 19.7 Å². The summed E-state index contributed by atoms with van der Waals surface area (Å²) in [5.74, 6) is -0.735. The minimum atomic E-state index is -1.52. The van der Waals surface area contributed by atoms with Crippen LogP contribution in [0.2, 0.25) is 0 Å². The molecule has 0 aromatic heterocycles. The second-order valence-corrected chi connectivity index (χ2v) is 6.04. The van der Waals surface area contributed by atoms with Gasteiger partial charge in [0.2, 0.25) is 11.8 Å². The van der Waals surface area contributed by atoms with Crippen molar-refractivity contribution in [3.8, 4) is 0 Å². The predicted octanol–water partition coefficient (Wildman–Crippen LogP) is -2.84. The van der Waals surface area contributed by atoms with E-state index in [1.165, 1.54) is 6.92 Å². The Bertz CT molecular complexity index is 439. The number of hydrogen-bond acceptors (Lipinski definition) is 7. The zero-order chi connectivity index (χ0) is 17.1. The molecule has 132 valence electrons. The summed E-state index contributed by atoms with van der Waals surface area (Å²) in [5.41, 5.74) is 0. The fourth-order valence-electron chi connectivity index (χ4n) is 2.99. The molecule has 2 rings (SSSR count). The molecular formula is C14H24N2O7. The molecule has 2 aliphatic heterocycles. The normalized spacial score (nSPS) is 35.9. The van der Waals surface area contributed by atoms with Gasteiger partial charge in [-0.2, -0.15) is 0 Å². The van der Waals surface area contributed by atoms with Gasteiger partial charge in [0.25, 0.3) is 0 Å². The molecule has 2 heterocycles. The number of amides is 2. The first kappa shape index (κ1) is 18.1. The monoisotopic (exact) mass is 332 g/mol. The number of rotatable bonds is 3. The largest absolute Gasteiger partial charge is 0.394 e. The molecule has 2 saturated heterocycles. The van der Waals surface area contributed by atoms with Gasteiger partial charge in [-0.05, 0) is 12.8 Å². The van der Waals surface area contributed by atoms with E-state index in [0.717, 1.165) is 0 Å². The Hall–Kier alpha value is -1.26. The molecule has 2 fully saturated rings. The lowest BCUT2D eigenvalue weighted by atomic mass is 9.93. The average Bonchev–Trinajstić information content (AvgIpc) is 2.54. The van der Waals surface area contributed by atoms with E-state index in [9.17, 15) is 24.9 Å². The van der Waals surface area contributed by atoms with Crippen LogP contribution in [0, 0.1) is 5.92 Å². The summed E-state index contributed by atoms with van der Waals surface area (Å²) in [6, 6.07) is -1.17. The molecule has 3 unspecified atom stereocenters. The molecular weight excluding hydrogens is 308 g/mol. The van der Waals surface area contributed by atoms with E-state index in [1.54, 1.807) is 4.90 Å². The topological polar surface area (TPSA) is 140 Å². The van der Waals surface area contributed by atoms with E-state index in [0.29, 0.717) is 25.9 Å². The lowest BCUT2D eigenvalue weighted by Crippen LogP contribution is -2.64. The van der Waals surface area contributed by atoms with Crippen LogP contribution in [0.5, 0.6) is 0 Å². The van der Waals surface area contributed by atoms with Crippen molar-refractivity contribution < 1.29 is 34.8 Å². The van der Waals surface area contributed by atoms with Gasteiger partial charge >= 0.3 is 0 Å². The van der Waals surface area contributed by atoms with Crippen LogP contribution in [0.25, 0.3) is 0 Å². The highest BCUT2D eigenvalue weighted by Crippen LogP contribution is 2.22. The quantitative estimate of drug-likeness (QED) is 0.375. The first-order valence-corrected chi connectivity index (χ1v) is 7.71. The van der Waals surface area contributed by atoms with Gasteiger partial charge in [-0.1, -0.05) is 0 Å². The third-order valence-electron chi connectivity index (χ3n) is 4.52. The van der Waals surface area contributed by atoms with Crippen LogP contribution in [0.1, 0.15) is 19.8 Å². The second-order valence-electron chi connectivity index (χ2n) is 6.04. The summed E-state index contributed by atoms with van der Waals surface area (Å²) >= 11 is 0. The van der Waals surface area contributed by atoms with Crippen molar-refractivity contribution in [3.05, 3.63) is 0 Å². The van der Waals surface area contributed by atoms with Crippen molar-refractivity contribution in [1.29, 1.82) is 0 Å². The first-order valence-electron chi connectivity index (χ1n) is 7.71. The number of aliphatic hydroxyl groups is 4. The van der Waals surface area contributed by atoms with Crippen LogP contribution < -0.4 is 5.32 Å². The van der Waals surface area contributed by atoms with Crippen molar-refractivity contribution in [3.63, 3.8) is 0 Å². The lowest BCUT2D eigenvalue weighted by molar-refractivity contribution is -0.254. The molecule has 0 aromatic carbocycles. The number of carbonyl (C=O) groups excluding carboxylic acids is 2. The van der Waals surface area contributed by atoms with Crippen LogP contribution in [0.4, 0.5) is 0 Å². The minimum Gasteiger partial charge on any atom is -0.394 e. The fourth-order valence-corrected chi connectivity index (χ4v) is 2.99. The molecule has 0 saturated carbocycles. The van der Waals surface area contributed by atoms with Crippen molar-refractivity contribution in [2.45, 2.75) is 50.4 Å². The Morgan fingerprint density at radius 3 is 2.30 bits per heavy atom. The average molecular weight is 332 g/mol. The van der Waals surface area contributed by atoms with E-state index in [1.807, 2.05) is 0 Å². The van der Waals surface area contributed by atoms with Gasteiger partial charge in [-0.3, -0.25) is 9.59 Å². The molecule has 0 spiro atoms. The van der Waals surface area contributed by atoms with Crippen LogP contribution in [-0.4, -0.2) is 87.5 Å². The third kappa shape index (κ3) is 3.99. The highest BCUT2D eigenvalue weighted by atomic mass is 16.6. The zero-order valence-corrected chi connectivity index (χ0v) is 13.0. The number of ether oxygens (including phenoxy) is 1. The van der Waals surface area contributed by atoms with Crippen molar-refractivity contribution in [2.24, 2.45) is 5.92 Å². The van der Waals surface area contributed by atoms with Gasteiger partial charge in [0.1, 0.15) is 24.4 Å². The summed E-state index contributed by atoms with van der Waals surface area (Å²) in [4.78, 5) is 25.2. The highest BCUT2D eigenvalue weighted by Gasteiger charge is 2.44. The van der Waals surface area contributed by atoms with E-state index < -0.39 is 37.3 Å². The number of likely N-dealkylation sites (tertiary alicyclic amines) is 1. The molecule has 5 N–H and O–H groups in total. The Morgan fingerprint density at radius 1 is 1.17 bits per heavy atom. The third-order valence-corrected chi connectivity index (χ3v) is 4.52. The Kier molecular flexibility index (Phi) is 5.93. The maximum atomic E-state index is 12.3. The molecule has 9 heteroatoms. The number of hydrogen-bond donors (Lipinski definition) is 5. The Labute approximate surface area is 133 Å². The minimum absolute atomic E-state index is 0.0337. The Morgan fingerprint density at radius 2 is 1.78 bits per heavy atom. The zero-order valence-electron chi connectivity index (χ0n) is 13.0.